The van der Waals surface area contributed by atoms with E-state index in [1.165, 1.54) is 0 Å². The van der Waals surface area contributed by atoms with Gasteiger partial charge in [-0.2, -0.15) is 0 Å². The van der Waals surface area contributed by atoms with E-state index in [2.05, 4.69) is 19.2 Å². The van der Waals surface area contributed by atoms with Crippen LogP contribution in [0.5, 0.6) is 0 Å². The number of hydrogen-bond acceptors (Lipinski definition) is 4. The second kappa shape index (κ2) is 9.73. The Hall–Kier alpha value is -0.160. The fourth-order valence-electron chi connectivity index (χ4n) is 1.94. The highest BCUT2D eigenvalue weighted by Gasteiger charge is 2.24. The first kappa shape index (κ1) is 17.8. The minimum absolute atomic E-state index is 0.115. The quantitative estimate of drug-likeness (QED) is 0.557. The number of ether oxygens (including phenoxy) is 2. The summed E-state index contributed by atoms with van der Waals surface area (Å²) in [5.41, 5.74) is -0.257. The van der Waals surface area contributed by atoms with E-state index in [0.717, 1.165) is 19.6 Å². The summed E-state index contributed by atoms with van der Waals surface area (Å²) < 4.78 is 11.2. The van der Waals surface area contributed by atoms with Crippen LogP contribution in [0.2, 0.25) is 0 Å². The number of likely N-dealkylation sites (N-methyl/N-ethyl adjacent to an activating group) is 1. The van der Waals surface area contributed by atoms with Gasteiger partial charge >= 0.3 is 0 Å². The van der Waals surface area contributed by atoms with Gasteiger partial charge in [-0.25, -0.2) is 0 Å². The molecular formula is C14H31NO3. The van der Waals surface area contributed by atoms with E-state index in [1.54, 1.807) is 0 Å². The monoisotopic (exact) mass is 261 g/mol. The molecule has 0 heterocycles. The maximum atomic E-state index is 9.39. The van der Waals surface area contributed by atoms with Crippen LogP contribution in [0.15, 0.2) is 0 Å². The first-order valence-corrected chi connectivity index (χ1v) is 6.98. The van der Waals surface area contributed by atoms with Crippen LogP contribution < -0.4 is 5.32 Å². The molecule has 2 N–H and O–H groups in total. The highest BCUT2D eigenvalue weighted by Crippen LogP contribution is 2.13. The zero-order valence-electron chi connectivity index (χ0n) is 12.7. The van der Waals surface area contributed by atoms with E-state index in [1.807, 2.05) is 20.8 Å². The fraction of sp³-hybridized carbons (Fsp3) is 1.00. The molecule has 0 aromatic heterocycles. The van der Waals surface area contributed by atoms with E-state index in [-0.39, 0.29) is 18.2 Å². The molecule has 0 rings (SSSR count). The predicted molar refractivity (Wildman–Crippen MR) is 74.9 cm³/mol. The molecule has 18 heavy (non-hydrogen) atoms. The van der Waals surface area contributed by atoms with Crippen LogP contribution in [0.4, 0.5) is 0 Å². The maximum Gasteiger partial charge on any atom is 0.0704 e. The summed E-state index contributed by atoms with van der Waals surface area (Å²) in [7, 11) is 0. The number of rotatable bonds is 11. The van der Waals surface area contributed by atoms with Gasteiger partial charge in [-0.05, 0) is 32.7 Å². The summed E-state index contributed by atoms with van der Waals surface area (Å²) in [6.07, 6.45) is 0.908. The van der Waals surface area contributed by atoms with Gasteiger partial charge in [0.05, 0.1) is 25.9 Å². The van der Waals surface area contributed by atoms with Crippen molar-refractivity contribution in [1.82, 2.24) is 5.32 Å². The van der Waals surface area contributed by atoms with E-state index >= 15 is 0 Å². The molecule has 0 aromatic carbocycles. The SMILES string of the molecule is CCNC(C)(CO)CC(C)OCCOCC(C)C. The Morgan fingerprint density at radius 1 is 1.22 bits per heavy atom. The molecule has 0 fully saturated rings. The topological polar surface area (TPSA) is 50.7 Å². The summed E-state index contributed by atoms with van der Waals surface area (Å²) in [6, 6.07) is 0. The van der Waals surface area contributed by atoms with Crippen LogP contribution >= 0.6 is 0 Å². The molecule has 0 bridgehead atoms. The number of nitrogens with one attached hydrogen (secondary N) is 1. The molecule has 4 heteroatoms. The highest BCUT2D eigenvalue weighted by molar-refractivity contribution is 4.83. The lowest BCUT2D eigenvalue weighted by Gasteiger charge is -2.31. The molecular weight excluding hydrogens is 230 g/mol. The second-order valence-electron chi connectivity index (χ2n) is 5.60. The molecule has 0 radical (unpaired) electrons. The smallest absolute Gasteiger partial charge is 0.0704 e. The van der Waals surface area contributed by atoms with E-state index in [0.29, 0.717) is 19.1 Å². The lowest BCUT2D eigenvalue weighted by molar-refractivity contribution is -0.0109. The Balaban J connectivity index is 3.72. The standard InChI is InChI=1S/C14H31NO3/c1-6-15-14(5,11-16)9-13(4)18-8-7-17-10-12(2)3/h12-13,15-16H,6-11H2,1-5H3. The number of aliphatic hydroxyl groups is 1. The van der Waals surface area contributed by atoms with Crippen LogP contribution in [0.3, 0.4) is 0 Å². The summed E-state index contributed by atoms with van der Waals surface area (Å²) in [5, 5.41) is 12.7. The third-order valence-corrected chi connectivity index (χ3v) is 2.77. The first-order valence-electron chi connectivity index (χ1n) is 6.98. The normalized spacial score (nSPS) is 16.8. The minimum Gasteiger partial charge on any atom is -0.394 e. The molecule has 4 nitrogen and oxygen atoms in total. The largest absolute Gasteiger partial charge is 0.394 e. The van der Waals surface area contributed by atoms with Crippen molar-refractivity contribution in [3.05, 3.63) is 0 Å². The van der Waals surface area contributed by atoms with Crippen LogP contribution in [-0.2, 0) is 9.47 Å². The third-order valence-electron chi connectivity index (χ3n) is 2.77. The average Bonchev–Trinajstić information content (AvgIpc) is 2.28. The van der Waals surface area contributed by atoms with Gasteiger partial charge in [0.1, 0.15) is 0 Å². The van der Waals surface area contributed by atoms with Gasteiger partial charge in [0.25, 0.3) is 0 Å². The van der Waals surface area contributed by atoms with Crippen molar-refractivity contribution in [2.24, 2.45) is 5.92 Å². The molecule has 0 aliphatic rings. The Labute approximate surface area is 112 Å². The van der Waals surface area contributed by atoms with Crippen LogP contribution in [0, 0.1) is 5.92 Å². The second-order valence-corrected chi connectivity index (χ2v) is 5.60. The molecule has 0 aromatic rings. The van der Waals surface area contributed by atoms with Crippen molar-refractivity contribution in [1.29, 1.82) is 0 Å². The van der Waals surface area contributed by atoms with Gasteiger partial charge in [-0.15, -0.1) is 0 Å². The van der Waals surface area contributed by atoms with Crippen molar-refractivity contribution in [3.8, 4) is 0 Å². The van der Waals surface area contributed by atoms with Gasteiger partial charge in [0.15, 0.2) is 0 Å². The van der Waals surface area contributed by atoms with Crippen molar-refractivity contribution in [3.63, 3.8) is 0 Å². The molecule has 0 spiro atoms. The Bertz CT molecular complexity index is 199. The Morgan fingerprint density at radius 2 is 1.89 bits per heavy atom. The van der Waals surface area contributed by atoms with Gasteiger partial charge in [-0.1, -0.05) is 20.8 Å². The molecule has 110 valence electrons. The molecule has 0 saturated carbocycles. The lowest BCUT2D eigenvalue weighted by Crippen LogP contribution is -2.48. The summed E-state index contributed by atoms with van der Waals surface area (Å²) in [5.74, 6) is 0.564. The first-order chi connectivity index (χ1) is 8.43. The van der Waals surface area contributed by atoms with Gasteiger partial charge in [0, 0.05) is 12.1 Å². The van der Waals surface area contributed by atoms with Crippen LogP contribution in [0.25, 0.3) is 0 Å². The van der Waals surface area contributed by atoms with Crippen molar-refractivity contribution < 1.29 is 14.6 Å². The minimum atomic E-state index is -0.257. The van der Waals surface area contributed by atoms with Gasteiger partial charge in [-0.3, -0.25) is 0 Å². The molecule has 0 saturated heterocycles. The van der Waals surface area contributed by atoms with Crippen LogP contribution in [0.1, 0.15) is 41.0 Å². The average molecular weight is 261 g/mol. The third kappa shape index (κ3) is 8.86. The van der Waals surface area contributed by atoms with Crippen molar-refractivity contribution in [2.45, 2.75) is 52.7 Å². The van der Waals surface area contributed by atoms with Crippen molar-refractivity contribution >= 4 is 0 Å². The molecule has 2 unspecified atom stereocenters. The van der Waals surface area contributed by atoms with Gasteiger partial charge < -0.3 is 19.9 Å². The fourth-order valence-corrected chi connectivity index (χ4v) is 1.94. The van der Waals surface area contributed by atoms with E-state index < -0.39 is 0 Å². The van der Waals surface area contributed by atoms with E-state index in [9.17, 15) is 5.11 Å². The lowest BCUT2D eigenvalue weighted by atomic mass is 9.96. The molecule has 0 aliphatic heterocycles. The Kier molecular flexibility index (Phi) is 9.64. The van der Waals surface area contributed by atoms with Crippen LogP contribution in [-0.4, -0.2) is 49.7 Å². The summed E-state index contributed by atoms with van der Waals surface area (Å²) >= 11 is 0. The summed E-state index contributed by atoms with van der Waals surface area (Å²) in [4.78, 5) is 0. The molecule has 0 amide bonds. The van der Waals surface area contributed by atoms with Gasteiger partial charge in [0.2, 0.25) is 0 Å². The summed E-state index contributed by atoms with van der Waals surface area (Å²) in [6.45, 7) is 13.4. The Morgan fingerprint density at radius 3 is 2.39 bits per heavy atom. The number of hydrogen-bond donors (Lipinski definition) is 2. The molecule has 2 atom stereocenters. The predicted octanol–water partition coefficient (Wildman–Crippen LogP) is 1.81. The maximum absolute atomic E-state index is 9.39. The van der Waals surface area contributed by atoms with Crippen molar-refractivity contribution in [2.75, 3.05) is 33.0 Å². The molecule has 0 aliphatic carbocycles. The zero-order chi connectivity index (χ0) is 14.0. The van der Waals surface area contributed by atoms with E-state index in [4.69, 9.17) is 9.47 Å². The highest BCUT2D eigenvalue weighted by atomic mass is 16.5. The number of aliphatic hydroxyl groups excluding tert-OH is 1. The zero-order valence-corrected chi connectivity index (χ0v) is 12.7.